The quantitative estimate of drug-likeness (QED) is 0.717. The number of nitrogens with zero attached hydrogens (tertiary/aromatic N) is 1. The van der Waals surface area contributed by atoms with Crippen molar-refractivity contribution in [2.45, 2.75) is 20.3 Å². The fourth-order valence-corrected chi connectivity index (χ4v) is 1.43. The minimum Gasteiger partial charge on any atom is -0.393 e. The number of rotatable bonds is 4. The molecule has 86 valence electrons. The van der Waals surface area contributed by atoms with Gasteiger partial charge in [-0.25, -0.2) is 0 Å². The van der Waals surface area contributed by atoms with Crippen molar-refractivity contribution in [3.05, 3.63) is 0 Å². The molecule has 5 heteroatoms. The fourth-order valence-electron chi connectivity index (χ4n) is 1.32. The van der Waals surface area contributed by atoms with Gasteiger partial charge in [-0.15, -0.1) is 0 Å². The minimum atomic E-state index is -0.187. The van der Waals surface area contributed by atoms with Crippen LogP contribution in [0.15, 0.2) is 0 Å². The molecule has 1 aliphatic heterocycles. The summed E-state index contributed by atoms with van der Waals surface area (Å²) in [6.45, 7) is 6.20. The van der Waals surface area contributed by atoms with Crippen LogP contribution in [0.1, 0.15) is 20.3 Å². The molecular formula is C10H18N2O2S. The van der Waals surface area contributed by atoms with E-state index in [2.05, 4.69) is 0 Å². The summed E-state index contributed by atoms with van der Waals surface area (Å²) in [6.07, 6.45) is 0.800. The predicted octanol–water partition coefficient (Wildman–Crippen LogP) is 0.548. The highest BCUT2D eigenvalue weighted by molar-refractivity contribution is 7.80. The lowest BCUT2D eigenvalue weighted by atomic mass is 9.89. The summed E-state index contributed by atoms with van der Waals surface area (Å²) in [4.78, 5) is 13.7. The maximum Gasteiger partial charge on any atom is 0.248 e. The number of hydrogen-bond donors (Lipinski definition) is 1. The molecule has 1 fully saturated rings. The number of nitrogens with two attached hydrogens (primary N) is 1. The maximum atomic E-state index is 11.4. The van der Waals surface area contributed by atoms with Gasteiger partial charge in [-0.05, 0) is 6.42 Å². The standard InChI is InChI=1S/C10H18N2O2S/c1-10(2,9(11)15)3-4-12-5-6-14-7-8(12)13/h3-7H2,1-2H3,(H2,11,15). The first-order valence-electron chi connectivity index (χ1n) is 5.09. The normalized spacial score (nSPS) is 18.0. The summed E-state index contributed by atoms with van der Waals surface area (Å²) in [5.41, 5.74) is 5.44. The van der Waals surface area contributed by atoms with Gasteiger partial charge < -0.3 is 15.4 Å². The minimum absolute atomic E-state index is 0.0555. The molecule has 1 heterocycles. The number of amides is 1. The number of thiocarbonyl (C=S) groups is 1. The van der Waals surface area contributed by atoms with Crippen LogP contribution in [0.3, 0.4) is 0 Å². The highest BCUT2D eigenvalue weighted by Crippen LogP contribution is 2.21. The van der Waals surface area contributed by atoms with Gasteiger partial charge in [-0.1, -0.05) is 26.1 Å². The van der Waals surface area contributed by atoms with E-state index in [1.54, 1.807) is 0 Å². The molecule has 0 saturated carbocycles. The van der Waals surface area contributed by atoms with Crippen molar-refractivity contribution in [1.29, 1.82) is 0 Å². The van der Waals surface area contributed by atoms with Gasteiger partial charge in [0.1, 0.15) is 6.61 Å². The first-order valence-corrected chi connectivity index (χ1v) is 5.50. The van der Waals surface area contributed by atoms with Crippen LogP contribution in [0, 0.1) is 5.41 Å². The first kappa shape index (κ1) is 12.4. The van der Waals surface area contributed by atoms with Gasteiger partial charge in [-0.2, -0.15) is 0 Å². The van der Waals surface area contributed by atoms with Crippen LogP contribution in [0.5, 0.6) is 0 Å². The van der Waals surface area contributed by atoms with E-state index >= 15 is 0 Å². The molecule has 0 unspecified atom stereocenters. The monoisotopic (exact) mass is 230 g/mol. The molecule has 0 atom stereocenters. The zero-order valence-electron chi connectivity index (χ0n) is 9.28. The third kappa shape index (κ3) is 3.43. The molecule has 0 aromatic heterocycles. The van der Waals surface area contributed by atoms with Crippen molar-refractivity contribution in [1.82, 2.24) is 4.90 Å². The largest absolute Gasteiger partial charge is 0.393 e. The lowest BCUT2D eigenvalue weighted by molar-refractivity contribution is -0.142. The van der Waals surface area contributed by atoms with Crippen molar-refractivity contribution in [2.24, 2.45) is 11.1 Å². The maximum absolute atomic E-state index is 11.4. The summed E-state index contributed by atoms with van der Waals surface area (Å²) < 4.78 is 5.05. The van der Waals surface area contributed by atoms with Crippen LogP contribution in [0.4, 0.5) is 0 Å². The summed E-state index contributed by atoms with van der Waals surface area (Å²) >= 11 is 4.98. The highest BCUT2D eigenvalue weighted by Gasteiger charge is 2.25. The SMILES string of the molecule is CC(C)(CCN1CCOCC1=O)C(N)=S. The van der Waals surface area contributed by atoms with Crippen LogP contribution in [-0.2, 0) is 9.53 Å². The van der Waals surface area contributed by atoms with Crippen molar-refractivity contribution in [3.8, 4) is 0 Å². The summed E-state index contributed by atoms with van der Waals surface area (Å²) in [5, 5.41) is 0. The zero-order chi connectivity index (χ0) is 11.5. The second kappa shape index (κ2) is 4.90. The van der Waals surface area contributed by atoms with Crippen molar-refractivity contribution in [3.63, 3.8) is 0 Å². The van der Waals surface area contributed by atoms with Crippen LogP contribution in [0.25, 0.3) is 0 Å². The molecular weight excluding hydrogens is 212 g/mol. The number of morpholine rings is 1. The summed E-state index contributed by atoms with van der Waals surface area (Å²) in [7, 11) is 0. The Morgan fingerprint density at radius 1 is 1.67 bits per heavy atom. The van der Waals surface area contributed by atoms with Crippen LogP contribution >= 0.6 is 12.2 Å². The van der Waals surface area contributed by atoms with E-state index in [-0.39, 0.29) is 17.9 Å². The molecule has 0 spiro atoms. The number of hydrogen-bond acceptors (Lipinski definition) is 3. The lowest BCUT2D eigenvalue weighted by Gasteiger charge is -2.31. The molecule has 0 aromatic rings. The Bertz CT molecular complexity index is 266. The predicted molar refractivity (Wildman–Crippen MR) is 62.6 cm³/mol. The molecule has 0 aromatic carbocycles. The van der Waals surface area contributed by atoms with Crippen molar-refractivity contribution < 1.29 is 9.53 Å². The van der Waals surface area contributed by atoms with E-state index in [0.717, 1.165) is 6.42 Å². The average molecular weight is 230 g/mol. The Morgan fingerprint density at radius 2 is 2.33 bits per heavy atom. The van der Waals surface area contributed by atoms with Gasteiger partial charge in [0.2, 0.25) is 5.91 Å². The topological polar surface area (TPSA) is 55.6 Å². The Balaban J connectivity index is 2.42. The van der Waals surface area contributed by atoms with Crippen molar-refractivity contribution >= 4 is 23.1 Å². The van der Waals surface area contributed by atoms with E-state index in [1.165, 1.54) is 0 Å². The number of carbonyl (C=O) groups excluding carboxylic acids is 1. The highest BCUT2D eigenvalue weighted by atomic mass is 32.1. The summed E-state index contributed by atoms with van der Waals surface area (Å²) in [6, 6.07) is 0. The molecule has 0 bridgehead atoms. The van der Waals surface area contributed by atoms with E-state index < -0.39 is 0 Å². The average Bonchev–Trinajstić information content (AvgIpc) is 2.16. The van der Waals surface area contributed by atoms with Gasteiger partial charge in [0.15, 0.2) is 0 Å². The second-order valence-corrected chi connectivity index (χ2v) is 4.87. The second-order valence-electron chi connectivity index (χ2n) is 4.43. The molecule has 1 rings (SSSR count). The third-order valence-corrected chi connectivity index (χ3v) is 3.31. The summed E-state index contributed by atoms with van der Waals surface area (Å²) in [5.74, 6) is 0.0555. The number of ether oxygens (including phenoxy) is 1. The van der Waals surface area contributed by atoms with E-state index in [1.807, 2.05) is 18.7 Å². The van der Waals surface area contributed by atoms with Gasteiger partial charge >= 0.3 is 0 Å². The van der Waals surface area contributed by atoms with Crippen LogP contribution in [-0.4, -0.2) is 42.1 Å². The number of carbonyl (C=O) groups is 1. The van der Waals surface area contributed by atoms with Gasteiger partial charge in [0, 0.05) is 18.5 Å². The van der Waals surface area contributed by atoms with Crippen LogP contribution in [0.2, 0.25) is 0 Å². The van der Waals surface area contributed by atoms with E-state index in [4.69, 9.17) is 22.7 Å². The smallest absolute Gasteiger partial charge is 0.248 e. The van der Waals surface area contributed by atoms with Crippen LogP contribution < -0.4 is 5.73 Å². The van der Waals surface area contributed by atoms with Gasteiger partial charge in [0.25, 0.3) is 0 Å². The van der Waals surface area contributed by atoms with E-state index in [0.29, 0.717) is 24.7 Å². The Labute approximate surface area is 95.8 Å². The first-order chi connectivity index (χ1) is 6.93. The fraction of sp³-hybridized carbons (Fsp3) is 0.800. The lowest BCUT2D eigenvalue weighted by Crippen LogP contribution is -2.44. The van der Waals surface area contributed by atoms with Gasteiger partial charge in [-0.3, -0.25) is 4.79 Å². The molecule has 0 radical (unpaired) electrons. The molecule has 1 saturated heterocycles. The molecule has 15 heavy (non-hydrogen) atoms. The van der Waals surface area contributed by atoms with Gasteiger partial charge in [0.05, 0.1) is 11.6 Å². The van der Waals surface area contributed by atoms with E-state index in [9.17, 15) is 4.79 Å². The Hall–Kier alpha value is -0.680. The van der Waals surface area contributed by atoms with Crippen molar-refractivity contribution in [2.75, 3.05) is 26.3 Å². The Kier molecular flexibility index (Phi) is 4.04. The molecule has 1 aliphatic rings. The molecule has 4 nitrogen and oxygen atoms in total. The molecule has 0 aliphatic carbocycles. The zero-order valence-corrected chi connectivity index (χ0v) is 10.1. The third-order valence-electron chi connectivity index (χ3n) is 2.76. The Morgan fingerprint density at radius 3 is 2.87 bits per heavy atom. The molecule has 2 N–H and O–H groups in total. The molecule has 1 amide bonds.